The van der Waals surface area contributed by atoms with Gasteiger partial charge in [-0.2, -0.15) is 0 Å². The molecule has 2 N–H and O–H groups in total. The number of para-hydroxylation sites is 2. The lowest BCUT2D eigenvalue weighted by Crippen LogP contribution is -2.15. The lowest BCUT2D eigenvalue weighted by molar-refractivity contribution is 0.102. The Morgan fingerprint density at radius 1 is 1.03 bits per heavy atom. The van der Waals surface area contributed by atoms with E-state index in [-0.39, 0.29) is 15.5 Å². The summed E-state index contributed by atoms with van der Waals surface area (Å²) in [5.41, 5.74) is 0.836. The highest BCUT2D eigenvalue weighted by molar-refractivity contribution is 7.92. The molecule has 3 aromatic carbocycles. The van der Waals surface area contributed by atoms with Crippen molar-refractivity contribution in [3.05, 3.63) is 83.1 Å². The van der Waals surface area contributed by atoms with Crippen molar-refractivity contribution in [2.45, 2.75) is 4.90 Å². The van der Waals surface area contributed by atoms with Gasteiger partial charge < -0.3 is 10.1 Å². The Morgan fingerprint density at radius 3 is 2.38 bits per heavy atom. The minimum absolute atomic E-state index is 0.0233. The smallest absolute Gasteiger partial charge is 0.262 e. The average Bonchev–Trinajstić information content (AvgIpc) is 2.71. The largest absolute Gasteiger partial charge is 0.495 e. The normalized spacial score (nSPS) is 11.0. The summed E-state index contributed by atoms with van der Waals surface area (Å²) >= 11 is 5.69. The number of methoxy groups -OCH3 is 1. The molecule has 0 heterocycles. The number of carbonyl (C=O) groups is 1. The molecule has 0 aliphatic carbocycles. The van der Waals surface area contributed by atoms with E-state index < -0.39 is 21.7 Å². The van der Waals surface area contributed by atoms with E-state index in [4.69, 9.17) is 16.3 Å². The van der Waals surface area contributed by atoms with E-state index in [2.05, 4.69) is 10.0 Å². The zero-order valence-electron chi connectivity index (χ0n) is 15.1. The van der Waals surface area contributed by atoms with Gasteiger partial charge in [-0.3, -0.25) is 9.52 Å². The van der Waals surface area contributed by atoms with Gasteiger partial charge in [0.2, 0.25) is 0 Å². The van der Waals surface area contributed by atoms with Crippen molar-refractivity contribution in [2.24, 2.45) is 0 Å². The highest BCUT2D eigenvalue weighted by atomic mass is 35.5. The summed E-state index contributed by atoms with van der Waals surface area (Å²) in [6.45, 7) is 0. The first-order valence-electron chi connectivity index (χ1n) is 8.32. The summed E-state index contributed by atoms with van der Waals surface area (Å²) in [6, 6.07) is 15.8. The number of hydrogen-bond donors (Lipinski definition) is 2. The second kappa shape index (κ2) is 8.50. The lowest BCUT2D eigenvalue weighted by atomic mass is 10.2. The molecule has 29 heavy (non-hydrogen) atoms. The number of rotatable bonds is 6. The maximum atomic E-state index is 13.2. The molecule has 0 saturated carbocycles. The molecule has 0 aromatic heterocycles. The molecular formula is C20H16ClFN2O4S. The molecular weight excluding hydrogens is 419 g/mol. The molecule has 6 nitrogen and oxygen atoms in total. The van der Waals surface area contributed by atoms with Crippen molar-refractivity contribution in [2.75, 3.05) is 17.1 Å². The van der Waals surface area contributed by atoms with Gasteiger partial charge in [-0.25, -0.2) is 12.8 Å². The van der Waals surface area contributed by atoms with Crippen molar-refractivity contribution in [3.63, 3.8) is 0 Å². The fourth-order valence-electron chi connectivity index (χ4n) is 2.50. The summed E-state index contributed by atoms with van der Waals surface area (Å²) in [5, 5.41) is 2.45. The monoisotopic (exact) mass is 434 g/mol. The SMILES string of the molecule is COc1ccccc1NS(=O)(=O)c1ccc(C(=O)Nc2ccc(F)c(Cl)c2)cc1. The van der Waals surface area contributed by atoms with Gasteiger partial charge >= 0.3 is 0 Å². The van der Waals surface area contributed by atoms with Crippen LogP contribution in [0.4, 0.5) is 15.8 Å². The maximum Gasteiger partial charge on any atom is 0.262 e. The first-order valence-corrected chi connectivity index (χ1v) is 10.2. The van der Waals surface area contributed by atoms with E-state index in [9.17, 15) is 17.6 Å². The number of ether oxygens (including phenoxy) is 1. The van der Waals surface area contributed by atoms with Crippen LogP contribution >= 0.6 is 11.6 Å². The number of anilines is 2. The number of carbonyl (C=O) groups excluding carboxylic acids is 1. The van der Waals surface area contributed by atoms with Gasteiger partial charge in [0.15, 0.2) is 0 Å². The van der Waals surface area contributed by atoms with Gasteiger partial charge in [0, 0.05) is 11.3 Å². The maximum absolute atomic E-state index is 13.2. The third-order valence-corrected chi connectivity index (χ3v) is 5.63. The van der Waals surface area contributed by atoms with Crippen molar-refractivity contribution in [1.29, 1.82) is 0 Å². The summed E-state index contributed by atoms with van der Waals surface area (Å²) < 4.78 is 46.0. The average molecular weight is 435 g/mol. The summed E-state index contributed by atoms with van der Waals surface area (Å²) in [6.07, 6.45) is 0. The fourth-order valence-corrected chi connectivity index (χ4v) is 3.75. The van der Waals surface area contributed by atoms with Crippen molar-refractivity contribution in [3.8, 4) is 5.75 Å². The number of benzene rings is 3. The van der Waals surface area contributed by atoms with Gasteiger partial charge in [-0.1, -0.05) is 23.7 Å². The van der Waals surface area contributed by atoms with Crippen molar-refractivity contribution in [1.82, 2.24) is 0 Å². The van der Waals surface area contributed by atoms with E-state index >= 15 is 0 Å². The minimum Gasteiger partial charge on any atom is -0.495 e. The zero-order chi connectivity index (χ0) is 21.0. The molecule has 0 saturated heterocycles. The molecule has 0 radical (unpaired) electrons. The van der Waals surface area contributed by atoms with Crippen LogP contribution in [0.15, 0.2) is 71.6 Å². The number of hydrogen-bond acceptors (Lipinski definition) is 4. The standard InChI is InChI=1S/C20H16ClFN2O4S/c1-28-19-5-3-2-4-18(19)24-29(26,27)15-9-6-13(7-10-15)20(25)23-14-8-11-17(22)16(21)12-14/h2-12,24H,1H3,(H,23,25). The molecule has 0 spiro atoms. The highest BCUT2D eigenvalue weighted by Crippen LogP contribution is 2.26. The van der Waals surface area contributed by atoms with E-state index in [1.807, 2.05) is 0 Å². The van der Waals surface area contributed by atoms with Gasteiger partial charge in [0.1, 0.15) is 11.6 Å². The molecule has 0 unspecified atom stereocenters. The number of nitrogens with one attached hydrogen (secondary N) is 2. The second-order valence-electron chi connectivity index (χ2n) is 5.91. The third-order valence-electron chi connectivity index (χ3n) is 3.96. The third kappa shape index (κ3) is 4.85. The van der Waals surface area contributed by atoms with Crippen LogP contribution in [0, 0.1) is 5.82 Å². The summed E-state index contributed by atoms with van der Waals surface area (Å²) in [7, 11) is -2.44. The quantitative estimate of drug-likeness (QED) is 0.596. The molecule has 0 aliphatic heterocycles. The zero-order valence-corrected chi connectivity index (χ0v) is 16.7. The molecule has 0 fully saturated rings. The van der Waals surface area contributed by atoms with Crippen LogP contribution in [-0.2, 0) is 10.0 Å². The fraction of sp³-hybridized carbons (Fsp3) is 0.0500. The van der Waals surface area contributed by atoms with Gasteiger partial charge in [0.25, 0.3) is 15.9 Å². The molecule has 9 heteroatoms. The topological polar surface area (TPSA) is 84.5 Å². The van der Waals surface area contributed by atoms with Crippen LogP contribution in [0.1, 0.15) is 10.4 Å². The summed E-state index contributed by atoms with van der Waals surface area (Å²) in [5.74, 6) is -0.707. The van der Waals surface area contributed by atoms with Gasteiger partial charge in [-0.15, -0.1) is 0 Å². The molecule has 3 aromatic rings. The number of sulfonamides is 1. The predicted molar refractivity (Wildman–Crippen MR) is 110 cm³/mol. The van der Waals surface area contributed by atoms with Crippen molar-refractivity contribution >= 4 is 38.9 Å². The Balaban J connectivity index is 1.76. The Labute approximate surface area is 172 Å². The van der Waals surface area contributed by atoms with Crippen LogP contribution in [0.3, 0.4) is 0 Å². The Morgan fingerprint density at radius 2 is 1.72 bits per heavy atom. The minimum atomic E-state index is -3.88. The predicted octanol–water partition coefficient (Wildman–Crippen LogP) is 4.54. The molecule has 150 valence electrons. The number of halogens is 2. The van der Waals surface area contributed by atoms with Crippen LogP contribution in [0.25, 0.3) is 0 Å². The van der Waals surface area contributed by atoms with E-state index in [1.54, 1.807) is 24.3 Å². The van der Waals surface area contributed by atoms with E-state index in [0.717, 1.165) is 6.07 Å². The Hall–Kier alpha value is -3.10. The Kier molecular flexibility index (Phi) is 6.05. The van der Waals surface area contributed by atoms with E-state index in [1.165, 1.54) is 43.5 Å². The second-order valence-corrected chi connectivity index (χ2v) is 8.00. The van der Waals surface area contributed by atoms with Gasteiger partial charge in [-0.05, 0) is 54.6 Å². The van der Waals surface area contributed by atoms with Crippen molar-refractivity contribution < 1.29 is 22.3 Å². The summed E-state index contributed by atoms with van der Waals surface area (Å²) in [4.78, 5) is 12.3. The molecule has 1 amide bonds. The highest BCUT2D eigenvalue weighted by Gasteiger charge is 2.17. The lowest BCUT2D eigenvalue weighted by Gasteiger charge is -2.12. The van der Waals surface area contributed by atoms with Crippen LogP contribution in [0.2, 0.25) is 5.02 Å². The van der Waals surface area contributed by atoms with Gasteiger partial charge in [0.05, 0.1) is 22.7 Å². The Bertz CT molecular complexity index is 1150. The molecule has 0 atom stereocenters. The molecule has 0 aliphatic rings. The molecule has 3 rings (SSSR count). The molecule has 0 bridgehead atoms. The first kappa shape index (κ1) is 20.6. The first-order chi connectivity index (χ1) is 13.8. The van der Waals surface area contributed by atoms with E-state index in [0.29, 0.717) is 17.1 Å². The van der Waals surface area contributed by atoms with Crippen LogP contribution in [0.5, 0.6) is 5.75 Å². The van der Waals surface area contributed by atoms with Crippen LogP contribution in [-0.4, -0.2) is 21.4 Å². The number of amides is 1. The van der Waals surface area contributed by atoms with Crippen LogP contribution < -0.4 is 14.8 Å².